The van der Waals surface area contributed by atoms with Gasteiger partial charge in [-0.1, -0.05) is 16.6 Å². The van der Waals surface area contributed by atoms with Gasteiger partial charge in [-0.3, -0.25) is 10.1 Å². The molecule has 5 nitrogen and oxygen atoms in total. The summed E-state index contributed by atoms with van der Waals surface area (Å²) in [6, 6.07) is 5.12. The van der Waals surface area contributed by atoms with E-state index >= 15 is 0 Å². The van der Waals surface area contributed by atoms with Crippen molar-refractivity contribution in [3.8, 4) is 11.3 Å². The molecule has 2 aromatic rings. The third-order valence-electron chi connectivity index (χ3n) is 2.76. The summed E-state index contributed by atoms with van der Waals surface area (Å²) in [5.74, 6) is 0. The molecular formula is C10H7N3O2S. The fourth-order valence-electron chi connectivity index (χ4n) is 2.05. The van der Waals surface area contributed by atoms with Crippen molar-refractivity contribution in [1.29, 1.82) is 0 Å². The summed E-state index contributed by atoms with van der Waals surface area (Å²) in [6.45, 7) is 0. The van der Waals surface area contributed by atoms with Crippen molar-refractivity contribution in [2.24, 2.45) is 0 Å². The molecule has 6 heteroatoms. The van der Waals surface area contributed by atoms with Gasteiger partial charge in [0.1, 0.15) is 5.69 Å². The van der Waals surface area contributed by atoms with Gasteiger partial charge in [-0.25, -0.2) is 0 Å². The highest BCUT2D eigenvalue weighted by Crippen LogP contribution is 2.37. The minimum Gasteiger partial charge on any atom is -0.258 e. The molecule has 0 saturated carbocycles. The molecule has 0 atom stereocenters. The molecule has 0 spiro atoms. The number of aromatic nitrogens is 2. The Balaban J connectivity index is 2.27. The van der Waals surface area contributed by atoms with Crippen LogP contribution in [0.5, 0.6) is 0 Å². The van der Waals surface area contributed by atoms with E-state index in [4.69, 9.17) is 0 Å². The lowest BCUT2D eigenvalue weighted by molar-refractivity contribution is -0.385. The van der Waals surface area contributed by atoms with Crippen LogP contribution in [0.15, 0.2) is 18.2 Å². The topological polar surface area (TPSA) is 68.9 Å². The van der Waals surface area contributed by atoms with E-state index in [1.54, 1.807) is 12.1 Å². The average molecular weight is 233 g/mol. The third kappa shape index (κ3) is 1.23. The maximum absolute atomic E-state index is 10.9. The van der Waals surface area contributed by atoms with Crippen LogP contribution in [-0.2, 0) is 12.8 Å². The summed E-state index contributed by atoms with van der Waals surface area (Å²) in [4.78, 5) is 11.7. The highest BCUT2D eigenvalue weighted by molar-refractivity contribution is 7.06. The van der Waals surface area contributed by atoms with Crippen molar-refractivity contribution in [1.82, 2.24) is 9.59 Å². The smallest absolute Gasteiger partial charge is 0.258 e. The van der Waals surface area contributed by atoms with Gasteiger partial charge in [-0.2, -0.15) is 0 Å². The van der Waals surface area contributed by atoms with E-state index < -0.39 is 0 Å². The van der Waals surface area contributed by atoms with E-state index in [-0.39, 0.29) is 10.6 Å². The number of hydrogen-bond acceptors (Lipinski definition) is 5. The van der Waals surface area contributed by atoms with Gasteiger partial charge in [0, 0.05) is 17.2 Å². The Morgan fingerprint density at radius 2 is 2.25 bits per heavy atom. The van der Waals surface area contributed by atoms with Gasteiger partial charge in [0.25, 0.3) is 5.69 Å². The molecule has 0 amide bonds. The van der Waals surface area contributed by atoms with E-state index in [0.717, 1.165) is 28.1 Å². The predicted octanol–water partition coefficient (Wildman–Crippen LogP) is 2.21. The summed E-state index contributed by atoms with van der Waals surface area (Å²) < 4.78 is 3.90. The Hall–Kier alpha value is -1.82. The third-order valence-corrected chi connectivity index (χ3v) is 3.54. The van der Waals surface area contributed by atoms with Crippen LogP contribution in [0.1, 0.15) is 10.4 Å². The first-order valence-electron chi connectivity index (χ1n) is 4.85. The number of rotatable bonds is 1. The number of benzene rings is 1. The SMILES string of the molecule is O=[N+]([O-])c1cccc2c1CCc1snnc1-2. The molecule has 1 aromatic carbocycles. The normalized spacial score (nSPS) is 13.0. The lowest BCUT2D eigenvalue weighted by Gasteiger charge is -2.13. The van der Waals surface area contributed by atoms with Crippen LogP contribution in [0.3, 0.4) is 0 Å². The summed E-state index contributed by atoms with van der Waals surface area (Å²) in [7, 11) is 0. The first-order valence-corrected chi connectivity index (χ1v) is 5.62. The number of nitro groups is 1. The van der Waals surface area contributed by atoms with Crippen LogP contribution in [-0.4, -0.2) is 14.5 Å². The van der Waals surface area contributed by atoms with Crippen LogP contribution in [0.4, 0.5) is 5.69 Å². The summed E-state index contributed by atoms with van der Waals surface area (Å²) in [6.07, 6.45) is 1.49. The molecule has 80 valence electrons. The van der Waals surface area contributed by atoms with Gasteiger partial charge < -0.3 is 0 Å². The quantitative estimate of drug-likeness (QED) is 0.559. The van der Waals surface area contributed by atoms with Gasteiger partial charge in [0.05, 0.1) is 9.80 Å². The van der Waals surface area contributed by atoms with Crippen molar-refractivity contribution in [3.63, 3.8) is 0 Å². The average Bonchev–Trinajstić information content (AvgIpc) is 2.76. The highest BCUT2D eigenvalue weighted by atomic mass is 32.1. The minimum absolute atomic E-state index is 0.191. The number of aryl methyl sites for hydroxylation is 1. The summed E-state index contributed by atoms with van der Waals surface area (Å²) in [5.41, 5.74) is 2.66. The highest BCUT2D eigenvalue weighted by Gasteiger charge is 2.25. The van der Waals surface area contributed by atoms with Gasteiger partial charge in [-0.15, -0.1) is 5.10 Å². The predicted molar refractivity (Wildman–Crippen MR) is 59.4 cm³/mol. The van der Waals surface area contributed by atoms with Crippen LogP contribution < -0.4 is 0 Å². The van der Waals surface area contributed by atoms with E-state index in [2.05, 4.69) is 9.59 Å². The van der Waals surface area contributed by atoms with Crippen LogP contribution in [0.25, 0.3) is 11.3 Å². The number of fused-ring (bicyclic) bond motifs is 3. The van der Waals surface area contributed by atoms with Crippen LogP contribution >= 0.6 is 11.5 Å². The van der Waals surface area contributed by atoms with Crippen molar-refractivity contribution < 1.29 is 4.92 Å². The van der Waals surface area contributed by atoms with E-state index in [9.17, 15) is 10.1 Å². The number of nitro benzene ring substituents is 1. The number of nitrogens with zero attached hydrogens (tertiary/aromatic N) is 3. The molecular weight excluding hydrogens is 226 g/mol. The second kappa shape index (κ2) is 3.34. The molecule has 0 aliphatic heterocycles. The molecule has 1 aliphatic carbocycles. The molecule has 0 unspecified atom stereocenters. The molecule has 1 aliphatic rings. The second-order valence-electron chi connectivity index (χ2n) is 3.61. The monoisotopic (exact) mass is 233 g/mol. The molecule has 0 radical (unpaired) electrons. The zero-order valence-electron chi connectivity index (χ0n) is 8.21. The van der Waals surface area contributed by atoms with Crippen molar-refractivity contribution in [3.05, 3.63) is 38.8 Å². The Morgan fingerprint density at radius 3 is 3.06 bits per heavy atom. The maximum Gasteiger partial charge on any atom is 0.273 e. The van der Waals surface area contributed by atoms with Crippen LogP contribution in [0, 0.1) is 10.1 Å². The van der Waals surface area contributed by atoms with Gasteiger partial charge >= 0.3 is 0 Å². The van der Waals surface area contributed by atoms with E-state index in [1.807, 2.05) is 6.07 Å². The molecule has 1 heterocycles. The fourth-order valence-corrected chi connectivity index (χ4v) is 2.70. The Labute approximate surface area is 95.1 Å². The van der Waals surface area contributed by atoms with Crippen molar-refractivity contribution >= 4 is 17.2 Å². The Morgan fingerprint density at radius 1 is 1.38 bits per heavy atom. The molecule has 1 aromatic heterocycles. The molecule has 0 N–H and O–H groups in total. The Bertz CT molecular complexity index is 579. The fraction of sp³-hybridized carbons (Fsp3) is 0.200. The number of hydrogen-bond donors (Lipinski definition) is 0. The first-order chi connectivity index (χ1) is 7.77. The summed E-state index contributed by atoms with van der Waals surface area (Å²) in [5, 5.41) is 14.9. The minimum atomic E-state index is -0.330. The van der Waals surface area contributed by atoms with Crippen molar-refractivity contribution in [2.75, 3.05) is 0 Å². The molecule has 3 rings (SSSR count). The molecule has 0 fully saturated rings. The first kappa shape index (κ1) is 9.41. The molecule has 16 heavy (non-hydrogen) atoms. The lowest BCUT2D eigenvalue weighted by atomic mass is 9.92. The Kier molecular flexibility index (Phi) is 1.97. The van der Waals surface area contributed by atoms with Gasteiger partial charge in [0.2, 0.25) is 0 Å². The van der Waals surface area contributed by atoms with Gasteiger partial charge in [0.15, 0.2) is 0 Å². The van der Waals surface area contributed by atoms with Crippen molar-refractivity contribution in [2.45, 2.75) is 12.8 Å². The molecule has 0 saturated heterocycles. The standard InChI is InChI=1S/C10H7N3O2S/c14-13(15)8-3-1-2-7-6(8)4-5-9-10(7)11-12-16-9/h1-3H,4-5H2. The van der Waals surface area contributed by atoms with Crippen LogP contribution in [0.2, 0.25) is 0 Å². The second-order valence-corrected chi connectivity index (χ2v) is 4.44. The van der Waals surface area contributed by atoms with E-state index in [0.29, 0.717) is 6.42 Å². The zero-order chi connectivity index (χ0) is 11.1. The largest absolute Gasteiger partial charge is 0.273 e. The van der Waals surface area contributed by atoms with E-state index in [1.165, 1.54) is 11.5 Å². The maximum atomic E-state index is 10.9. The zero-order valence-corrected chi connectivity index (χ0v) is 9.03. The lowest BCUT2D eigenvalue weighted by Crippen LogP contribution is -2.05. The van der Waals surface area contributed by atoms with Gasteiger partial charge in [-0.05, 0) is 24.4 Å². The molecule has 0 bridgehead atoms. The summed E-state index contributed by atoms with van der Waals surface area (Å²) >= 11 is 1.37.